The number of sulfonamides is 1. The van der Waals surface area contributed by atoms with Crippen LogP contribution in [-0.2, 0) is 16.6 Å². The van der Waals surface area contributed by atoms with Crippen LogP contribution >= 0.6 is 11.3 Å². The van der Waals surface area contributed by atoms with Gasteiger partial charge >= 0.3 is 0 Å². The number of nitrogens with one attached hydrogen (secondary N) is 2. The Balaban J connectivity index is 2.01. The highest BCUT2D eigenvalue weighted by Crippen LogP contribution is 2.11. The van der Waals surface area contributed by atoms with Crippen molar-refractivity contribution < 1.29 is 13.2 Å². The van der Waals surface area contributed by atoms with E-state index in [1.54, 1.807) is 11.3 Å². The first-order chi connectivity index (χ1) is 10.5. The molecule has 2 N–H and O–H groups in total. The largest absolute Gasteiger partial charge is 0.347 e. The van der Waals surface area contributed by atoms with Gasteiger partial charge < -0.3 is 5.32 Å². The molecule has 0 aliphatic heterocycles. The van der Waals surface area contributed by atoms with Crippen LogP contribution in [0.25, 0.3) is 0 Å². The van der Waals surface area contributed by atoms with Gasteiger partial charge in [0.25, 0.3) is 5.91 Å². The van der Waals surface area contributed by atoms with Gasteiger partial charge in [-0.05, 0) is 35.7 Å². The molecule has 1 aromatic carbocycles. The Morgan fingerprint density at radius 3 is 2.55 bits per heavy atom. The van der Waals surface area contributed by atoms with Gasteiger partial charge in [0.05, 0.1) is 11.4 Å². The van der Waals surface area contributed by atoms with Crippen molar-refractivity contribution in [3.63, 3.8) is 0 Å². The van der Waals surface area contributed by atoms with Gasteiger partial charge in [-0.1, -0.05) is 12.1 Å². The van der Waals surface area contributed by atoms with E-state index in [2.05, 4.69) is 16.6 Å². The molecule has 1 amide bonds. The predicted molar refractivity (Wildman–Crippen MR) is 87.3 cm³/mol. The third-order valence-corrected chi connectivity index (χ3v) is 5.16. The summed E-state index contributed by atoms with van der Waals surface area (Å²) in [6, 6.07) is 9.66. The Morgan fingerprint density at radius 1 is 1.23 bits per heavy atom. The van der Waals surface area contributed by atoms with Crippen molar-refractivity contribution >= 4 is 27.3 Å². The quantitative estimate of drug-likeness (QED) is 0.761. The summed E-state index contributed by atoms with van der Waals surface area (Å²) in [5.41, 5.74) is 0.416. The first-order valence-corrected chi connectivity index (χ1v) is 8.90. The van der Waals surface area contributed by atoms with Crippen molar-refractivity contribution in [2.75, 3.05) is 6.54 Å². The van der Waals surface area contributed by atoms with Gasteiger partial charge in [0.1, 0.15) is 0 Å². The highest BCUT2D eigenvalue weighted by atomic mass is 32.2. The third kappa shape index (κ3) is 4.27. The van der Waals surface area contributed by atoms with Crippen LogP contribution in [0.15, 0.2) is 59.3 Å². The Labute approximate surface area is 133 Å². The summed E-state index contributed by atoms with van der Waals surface area (Å²) in [4.78, 5) is 13.2. The summed E-state index contributed by atoms with van der Waals surface area (Å²) >= 11 is 1.56. The van der Waals surface area contributed by atoms with Crippen molar-refractivity contribution in [1.29, 1.82) is 0 Å². The van der Waals surface area contributed by atoms with Gasteiger partial charge in [0.2, 0.25) is 10.0 Å². The molecule has 0 unspecified atom stereocenters. The summed E-state index contributed by atoms with van der Waals surface area (Å²) in [7, 11) is -3.56. The van der Waals surface area contributed by atoms with E-state index in [0.29, 0.717) is 12.1 Å². The van der Waals surface area contributed by atoms with Crippen LogP contribution in [0, 0.1) is 0 Å². The van der Waals surface area contributed by atoms with Crippen molar-refractivity contribution in [1.82, 2.24) is 10.0 Å². The molecule has 22 heavy (non-hydrogen) atoms. The third-order valence-electron chi connectivity index (χ3n) is 2.85. The summed E-state index contributed by atoms with van der Waals surface area (Å²) in [6.07, 6.45) is 1.46. The number of rotatable bonds is 7. The Morgan fingerprint density at radius 2 is 1.95 bits per heavy atom. The molecule has 2 aromatic rings. The van der Waals surface area contributed by atoms with E-state index in [9.17, 15) is 13.2 Å². The first kappa shape index (κ1) is 16.4. The van der Waals surface area contributed by atoms with Crippen molar-refractivity contribution in [2.24, 2.45) is 0 Å². The van der Waals surface area contributed by atoms with Crippen molar-refractivity contribution in [3.05, 3.63) is 64.9 Å². The second-order valence-corrected chi connectivity index (χ2v) is 7.23. The number of hydrogen-bond acceptors (Lipinski definition) is 4. The Hall–Kier alpha value is -1.96. The van der Waals surface area contributed by atoms with Gasteiger partial charge in [-0.2, -0.15) is 0 Å². The number of thiophene rings is 1. The molecular formula is C15H16N2O3S2. The number of carbonyl (C=O) groups excluding carboxylic acids is 1. The first-order valence-electron chi connectivity index (χ1n) is 6.54. The molecule has 116 valence electrons. The SMILES string of the molecule is C=CCNS(=O)(=O)c1ccc(C(=O)NCc2cccs2)cc1. The van der Waals surface area contributed by atoms with E-state index < -0.39 is 10.0 Å². The van der Waals surface area contributed by atoms with E-state index in [-0.39, 0.29) is 17.3 Å². The molecule has 0 fully saturated rings. The average Bonchev–Trinajstić information content (AvgIpc) is 3.04. The zero-order chi connectivity index (χ0) is 16.0. The highest BCUT2D eigenvalue weighted by Gasteiger charge is 2.13. The fourth-order valence-corrected chi connectivity index (χ4v) is 3.36. The molecule has 1 aromatic heterocycles. The number of hydrogen-bond donors (Lipinski definition) is 2. The molecule has 0 saturated heterocycles. The summed E-state index contributed by atoms with van der Waals surface area (Å²) in [6.45, 7) is 4.07. The molecule has 0 saturated carbocycles. The van der Waals surface area contributed by atoms with Gasteiger partial charge in [-0.15, -0.1) is 17.9 Å². The maximum absolute atomic E-state index is 12.0. The molecule has 0 radical (unpaired) electrons. The zero-order valence-corrected chi connectivity index (χ0v) is 13.4. The van der Waals surface area contributed by atoms with Crippen LogP contribution in [0.1, 0.15) is 15.2 Å². The van der Waals surface area contributed by atoms with E-state index in [1.165, 1.54) is 30.3 Å². The lowest BCUT2D eigenvalue weighted by atomic mass is 10.2. The molecular weight excluding hydrogens is 320 g/mol. The topological polar surface area (TPSA) is 75.3 Å². The van der Waals surface area contributed by atoms with Gasteiger partial charge in [-0.3, -0.25) is 4.79 Å². The lowest BCUT2D eigenvalue weighted by molar-refractivity contribution is 0.0951. The number of benzene rings is 1. The van der Waals surface area contributed by atoms with Crippen LogP contribution in [-0.4, -0.2) is 20.9 Å². The van der Waals surface area contributed by atoms with E-state index in [0.717, 1.165) is 4.88 Å². The minimum Gasteiger partial charge on any atom is -0.347 e. The lowest BCUT2D eigenvalue weighted by Gasteiger charge is -2.07. The number of carbonyl (C=O) groups is 1. The summed E-state index contributed by atoms with van der Waals surface area (Å²) in [5.74, 6) is -0.239. The maximum Gasteiger partial charge on any atom is 0.251 e. The maximum atomic E-state index is 12.0. The van der Waals surface area contributed by atoms with Crippen LogP contribution in [0.5, 0.6) is 0 Å². The minimum absolute atomic E-state index is 0.115. The van der Waals surface area contributed by atoms with Crippen LogP contribution in [0.2, 0.25) is 0 Å². The molecule has 1 heterocycles. The zero-order valence-electron chi connectivity index (χ0n) is 11.8. The van der Waals surface area contributed by atoms with E-state index in [4.69, 9.17) is 0 Å². The second-order valence-electron chi connectivity index (χ2n) is 4.43. The molecule has 0 aliphatic carbocycles. The smallest absolute Gasteiger partial charge is 0.251 e. The van der Waals surface area contributed by atoms with E-state index >= 15 is 0 Å². The molecule has 0 atom stereocenters. The monoisotopic (exact) mass is 336 g/mol. The van der Waals surface area contributed by atoms with Gasteiger partial charge in [0, 0.05) is 17.0 Å². The molecule has 0 spiro atoms. The molecule has 0 aliphatic rings. The predicted octanol–water partition coefficient (Wildman–Crippen LogP) is 2.14. The lowest BCUT2D eigenvalue weighted by Crippen LogP contribution is -2.24. The van der Waals surface area contributed by atoms with Gasteiger partial charge in [0.15, 0.2) is 0 Å². The Bertz CT molecular complexity index is 736. The highest BCUT2D eigenvalue weighted by molar-refractivity contribution is 7.89. The fourth-order valence-electron chi connectivity index (χ4n) is 1.72. The van der Waals surface area contributed by atoms with E-state index in [1.807, 2.05) is 17.5 Å². The van der Waals surface area contributed by atoms with Crippen LogP contribution < -0.4 is 10.0 Å². The van der Waals surface area contributed by atoms with Crippen molar-refractivity contribution in [2.45, 2.75) is 11.4 Å². The molecule has 5 nitrogen and oxygen atoms in total. The Kier molecular flexibility index (Phi) is 5.48. The standard InChI is InChI=1S/C15H16N2O3S2/c1-2-9-17-22(19,20)14-7-5-12(6-8-14)15(18)16-11-13-4-3-10-21-13/h2-8,10,17H,1,9,11H2,(H,16,18). The van der Waals surface area contributed by atoms with Crippen LogP contribution in [0.3, 0.4) is 0 Å². The summed E-state index contributed by atoms with van der Waals surface area (Å²) < 4.78 is 26.2. The summed E-state index contributed by atoms with van der Waals surface area (Å²) in [5, 5.41) is 4.73. The average molecular weight is 336 g/mol. The minimum atomic E-state index is -3.56. The van der Waals surface area contributed by atoms with Crippen molar-refractivity contribution in [3.8, 4) is 0 Å². The molecule has 7 heteroatoms. The molecule has 0 bridgehead atoms. The number of amides is 1. The normalized spacial score (nSPS) is 11.1. The fraction of sp³-hybridized carbons (Fsp3) is 0.133. The second kappa shape index (κ2) is 7.35. The van der Waals surface area contributed by atoms with Gasteiger partial charge in [-0.25, -0.2) is 13.1 Å². The van der Waals surface area contributed by atoms with Crippen LogP contribution in [0.4, 0.5) is 0 Å². The molecule has 2 rings (SSSR count).